The van der Waals surface area contributed by atoms with Crippen molar-refractivity contribution in [3.8, 4) is 0 Å². The molecule has 20 heavy (non-hydrogen) atoms. The summed E-state index contributed by atoms with van der Waals surface area (Å²) in [6.07, 6.45) is 3.55. The van der Waals surface area contributed by atoms with Gasteiger partial charge in [-0.2, -0.15) is 0 Å². The van der Waals surface area contributed by atoms with Crippen molar-refractivity contribution in [1.29, 1.82) is 0 Å². The highest BCUT2D eigenvalue weighted by Crippen LogP contribution is 2.41. The molecule has 0 radical (unpaired) electrons. The maximum atomic E-state index is 12.3. The van der Waals surface area contributed by atoms with Crippen LogP contribution in [0.1, 0.15) is 37.5 Å². The zero-order chi connectivity index (χ0) is 14.3. The number of carbonyl (C=O) groups excluding carboxylic acids is 2. The van der Waals surface area contributed by atoms with Gasteiger partial charge in [0.1, 0.15) is 5.54 Å². The first-order chi connectivity index (χ1) is 9.53. The smallest absolute Gasteiger partial charge is 0.305 e. The lowest BCUT2D eigenvalue weighted by molar-refractivity contribution is -0.128. The van der Waals surface area contributed by atoms with Gasteiger partial charge in [0, 0.05) is 9.35 Å². The first-order valence-electron chi connectivity index (χ1n) is 6.88. The Morgan fingerprint density at radius 3 is 2.75 bits per heavy atom. The standard InChI is InChI=1S/C14H17BrN2O2S/c1-9-2-5-14(6-3-9)12(18)16-13(19)17(14)8-11-10(15)4-7-20-11/h4,7,9H,2-3,5-6,8H2,1H3,(H,16,18,19). The van der Waals surface area contributed by atoms with Crippen molar-refractivity contribution in [2.75, 3.05) is 0 Å². The normalized spacial score (nSPS) is 30.1. The van der Waals surface area contributed by atoms with Crippen molar-refractivity contribution in [3.63, 3.8) is 0 Å². The van der Waals surface area contributed by atoms with Gasteiger partial charge < -0.3 is 4.90 Å². The molecule has 0 aromatic carbocycles. The minimum absolute atomic E-state index is 0.109. The minimum atomic E-state index is -0.618. The predicted octanol–water partition coefficient (Wildman–Crippen LogP) is 3.51. The third-order valence-corrected chi connectivity index (χ3v) is 6.41. The van der Waals surface area contributed by atoms with Crippen LogP contribution in [0.5, 0.6) is 0 Å². The number of hydrogen-bond acceptors (Lipinski definition) is 3. The molecule has 3 amide bonds. The predicted molar refractivity (Wildman–Crippen MR) is 81.5 cm³/mol. The fourth-order valence-corrected chi connectivity index (χ4v) is 4.60. The minimum Gasteiger partial charge on any atom is -0.305 e. The second-order valence-corrected chi connectivity index (χ2v) is 7.61. The number of halogens is 1. The van der Waals surface area contributed by atoms with Crippen LogP contribution in [0.2, 0.25) is 0 Å². The molecule has 0 bridgehead atoms. The number of nitrogens with zero attached hydrogens (tertiary/aromatic N) is 1. The molecular weight excluding hydrogens is 340 g/mol. The van der Waals surface area contributed by atoms with Gasteiger partial charge in [0.2, 0.25) is 0 Å². The Balaban J connectivity index is 1.88. The van der Waals surface area contributed by atoms with E-state index in [4.69, 9.17) is 0 Å². The Morgan fingerprint density at radius 2 is 2.15 bits per heavy atom. The van der Waals surface area contributed by atoms with Crippen molar-refractivity contribution in [1.82, 2.24) is 10.2 Å². The van der Waals surface area contributed by atoms with Gasteiger partial charge in [0.25, 0.3) is 5.91 Å². The van der Waals surface area contributed by atoms with E-state index in [2.05, 4.69) is 28.2 Å². The number of hydrogen-bond donors (Lipinski definition) is 1. The van der Waals surface area contributed by atoms with Crippen LogP contribution in [0.3, 0.4) is 0 Å². The van der Waals surface area contributed by atoms with Gasteiger partial charge in [-0.25, -0.2) is 4.79 Å². The van der Waals surface area contributed by atoms with E-state index in [0.717, 1.165) is 35.0 Å². The van der Waals surface area contributed by atoms with Crippen LogP contribution >= 0.6 is 27.3 Å². The summed E-state index contributed by atoms with van der Waals surface area (Å²) in [4.78, 5) is 27.3. The molecule has 108 valence electrons. The van der Waals surface area contributed by atoms with Gasteiger partial charge in [-0.15, -0.1) is 11.3 Å². The summed E-state index contributed by atoms with van der Waals surface area (Å²) in [7, 11) is 0. The summed E-state index contributed by atoms with van der Waals surface area (Å²) in [6, 6.07) is 1.73. The van der Waals surface area contributed by atoms with Gasteiger partial charge in [-0.3, -0.25) is 10.1 Å². The van der Waals surface area contributed by atoms with E-state index in [1.807, 2.05) is 11.4 Å². The highest BCUT2D eigenvalue weighted by Gasteiger charge is 2.53. The molecule has 1 aromatic heterocycles. The topological polar surface area (TPSA) is 49.4 Å². The van der Waals surface area contributed by atoms with Crippen molar-refractivity contribution < 1.29 is 9.59 Å². The van der Waals surface area contributed by atoms with Crippen molar-refractivity contribution in [2.45, 2.75) is 44.7 Å². The SMILES string of the molecule is CC1CCC2(CC1)C(=O)NC(=O)N2Cc1sccc1Br. The molecule has 1 aliphatic heterocycles. The van der Waals surface area contributed by atoms with Crippen molar-refractivity contribution in [3.05, 3.63) is 20.8 Å². The van der Waals surface area contributed by atoms with Crippen molar-refractivity contribution >= 4 is 39.2 Å². The molecule has 1 N–H and O–H groups in total. The lowest BCUT2D eigenvalue weighted by Crippen LogP contribution is -2.51. The Labute approximate surface area is 130 Å². The molecule has 1 aliphatic carbocycles. The lowest BCUT2D eigenvalue weighted by Gasteiger charge is -2.40. The Kier molecular flexibility index (Phi) is 3.62. The number of amides is 3. The fraction of sp³-hybridized carbons (Fsp3) is 0.571. The van der Waals surface area contributed by atoms with E-state index in [1.54, 1.807) is 16.2 Å². The second-order valence-electron chi connectivity index (χ2n) is 5.75. The quantitative estimate of drug-likeness (QED) is 0.824. The molecule has 1 spiro atoms. The fourth-order valence-electron chi connectivity index (χ4n) is 3.14. The first kappa shape index (κ1) is 14.1. The van der Waals surface area contributed by atoms with E-state index < -0.39 is 5.54 Å². The van der Waals surface area contributed by atoms with Crippen LogP contribution in [0, 0.1) is 5.92 Å². The van der Waals surface area contributed by atoms with Crippen LogP contribution in [-0.2, 0) is 11.3 Å². The van der Waals surface area contributed by atoms with Gasteiger partial charge >= 0.3 is 6.03 Å². The summed E-state index contributed by atoms with van der Waals surface area (Å²) in [5.74, 6) is 0.529. The third kappa shape index (κ3) is 2.19. The molecule has 2 fully saturated rings. The molecular formula is C14H17BrN2O2S. The molecule has 3 rings (SSSR count). The second kappa shape index (κ2) is 5.15. The summed E-state index contributed by atoms with van der Waals surface area (Å²) in [5, 5.41) is 4.50. The number of imide groups is 1. The Bertz CT molecular complexity index is 549. The highest BCUT2D eigenvalue weighted by molar-refractivity contribution is 9.10. The highest BCUT2D eigenvalue weighted by atomic mass is 79.9. The van der Waals surface area contributed by atoms with Crippen LogP contribution < -0.4 is 5.32 Å². The summed E-state index contributed by atoms with van der Waals surface area (Å²) in [6.45, 7) is 2.71. The van der Waals surface area contributed by atoms with Crippen LogP contribution in [0.25, 0.3) is 0 Å². The van der Waals surface area contributed by atoms with E-state index in [-0.39, 0.29) is 11.9 Å². The van der Waals surface area contributed by atoms with E-state index >= 15 is 0 Å². The summed E-state index contributed by atoms with van der Waals surface area (Å²) < 4.78 is 1.01. The van der Waals surface area contributed by atoms with E-state index in [0.29, 0.717) is 12.5 Å². The largest absolute Gasteiger partial charge is 0.325 e. The zero-order valence-electron chi connectivity index (χ0n) is 11.3. The number of carbonyl (C=O) groups is 2. The molecule has 1 aromatic rings. The average Bonchev–Trinajstić information content (AvgIpc) is 2.91. The number of rotatable bonds is 2. The number of thiophene rings is 1. The van der Waals surface area contributed by atoms with Crippen LogP contribution in [0.15, 0.2) is 15.9 Å². The molecule has 1 saturated heterocycles. The summed E-state index contributed by atoms with van der Waals surface area (Å²) in [5.41, 5.74) is -0.618. The first-order valence-corrected chi connectivity index (χ1v) is 8.55. The third-order valence-electron chi connectivity index (χ3n) is 4.50. The Morgan fingerprint density at radius 1 is 1.45 bits per heavy atom. The zero-order valence-corrected chi connectivity index (χ0v) is 13.7. The molecule has 0 unspecified atom stereocenters. The maximum absolute atomic E-state index is 12.3. The van der Waals surface area contributed by atoms with Crippen LogP contribution in [0.4, 0.5) is 4.79 Å². The van der Waals surface area contributed by atoms with E-state index in [9.17, 15) is 9.59 Å². The average molecular weight is 357 g/mol. The molecule has 2 heterocycles. The molecule has 2 aliphatic rings. The molecule has 6 heteroatoms. The van der Waals surface area contributed by atoms with E-state index in [1.165, 1.54) is 0 Å². The van der Waals surface area contributed by atoms with Gasteiger partial charge in [0.15, 0.2) is 0 Å². The van der Waals surface area contributed by atoms with Crippen molar-refractivity contribution in [2.24, 2.45) is 5.92 Å². The molecule has 1 saturated carbocycles. The Hall–Kier alpha value is -0.880. The van der Waals surface area contributed by atoms with Crippen LogP contribution in [-0.4, -0.2) is 22.4 Å². The monoisotopic (exact) mass is 356 g/mol. The summed E-state index contributed by atoms with van der Waals surface area (Å²) >= 11 is 5.11. The molecule has 4 nitrogen and oxygen atoms in total. The number of urea groups is 1. The number of nitrogens with one attached hydrogen (secondary N) is 1. The maximum Gasteiger partial charge on any atom is 0.325 e. The van der Waals surface area contributed by atoms with Gasteiger partial charge in [-0.05, 0) is 59.0 Å². The van der Waals surface area contributed by atoms with Gasteiger partial charge in [-0.1, -0.05) is 6.92 Å². The van der Waals surface area contributed by atoms with Gasteiger partial charge in [0.05, 0.1) is 6.54 Å². The lowest BCUT2D eigenvalue weighted by atomic mass is 9.76. The molecule has 0 atom stereocenters.